The molecular formula is C14H15NO2. The van der Waals surface area contributed by atoms with Gasteiger partial charge < -0.3 is 9.32 Å². The third kappa shape index (κ3) is 1.84. The lowest BCUT2D eigenvalue weighted by Gasteiger charge is -2.16. The molecular weight excluding hydrogens is 214 g/mol. The van der Waals surface area contributed by atoms with Gasteiger partial charge in [-0.1, -0.05) is 18.7 Å². The molecule has 2 aromatic rings. The monoisotopic (exact) mass is 229 g/mol. The van der Waals surface area contributed by atoms with Gasteiger partial charge in [0, 0.05) is 18.0 Å². The molecule has 0 bridgehead atoms. The van der Waals surface area contributed by atoms with E-state index < -0.39 is 0 Å². The van der Waals surface area contributed by atoms with Crippen LogP contribution in [0.25, 0.3) is 11.0 Å². The molecule has 3 heteroatoms. The second-order valence-electron chi connectivity index (χ2n) is 4.15. The molecule has 0 saturated carbocycles. The lowest BCUT2D eigenvalue weighted by molar-refractivity contribution is -0.114. The Hall–Kier alpha value is -2.03. The minimum atomic E-state index is -0.0975. The van der Waals surface area contributed by atoms with Crippen molar-refractivity contribution >= 4 is 22.6 Å². The molecule has 0 saturated heterocycles. The largest absolute Gasteiger partial charge is 0.459 e. The number of rotatable bonds is 2. The molecule has 0 aliphatic rings. The molecule has 1 aromatic heterocycles. The molecule has 0 unspecified atom stereocenters. The van der Waals surface area contributed by atoms with E-state index in [1.165, 1.54) is 0 Å². The number of benzene rings is 1. The van der Waals surface area contributed by atoms with Crippen LogP contribution >= 0.6 is 0 Å². The minimum Gasteiger partial charge on any atom is -0.459 e. The van der Waals surface area contributed by atoms with Gasteiger partial charge in [-0.05, 0) is 26.0 Å². The summed E-state index contributed by atoms with van der Waals surface area (Å²) in [7, 11) is 1.74. The van der Waals surface area contributed by atoms with Crippen LogP contribution in [0.1, 0.15) is 12.7 Å². The van der Waals surface area contributed by atoms with Crippen LogP contribution in [0.4, 0.5) is 5.69 Å². The van der Waals surface area contributed by atoms with E-state index >= 15 is 0 Å². The first kappa shape index (κ1) is 11.5. The van der Waals surface area contributed by atoms with Crippen LogP contribution in [0.3, 0.4) is 0 Å². The van der Waals surface area contributed by atoms with E-state index in [1.54, 1.807) is 18.9 Å². The van der Waals surface area contributed by atoms with Crippen LogP contribution in [0.5, 0.6) is 0 Å². The molecule has 3 nitrogen and oxygen atoms in total. The number of aryl methyl sites for hydroxylation is 1. The first-order valence-corrected chi connectivity index (χ1v) is 5.44. The molecule has 1 amide bonds. The van der Waals surface area contributed by atoms with Crippen LogP contribution in [-0.2, 0) is 4.79 Å². The molecule has 2 rings (SSSR count). The number of carbonyl (C=O) groups is 1. The summed E-state index contributed by atoms with van der Waals surface area (Å²) in [5.41, 5.74) is 2.12. The lowest BCUT2D eigenvalue weighted by Crippen LogP contribution is -2.26. The third-order valence-corrected chi connectivity index (χ3v) is 2.74. The van der Waals surface area contributed by atoms with Crippen molar-refractivity contribution in [2.24, 2.45) is 0 Å². The summed E-state index contributed by atoms with van der Waals surface area (Å²) in [6, 6.07) is 7.68. The zero-order valence-corrected chi connectivity index (χ0v) is 10.3. The number of hydrogen-bond acceptors (Lipinski definition) is 2. The molecule has 0 aliphatic heterocycles. The summed E-state index contributed by atoms with van der Waals surface area (Å²) < 4.78 is 5.63. The summed E-state index contributed by atoms with van der Waals surface area (Å²) in [5, 5.41) is 0.946. The van der Waals surface area contributed by atoms with E-state index in [2.05, 4.69) is 6.58 Å². The van der Waals surface area contributed by atoms with Crippen molar-refractivity contribution in [3.63, 3.8) is 0 Å². The van der Waals surface area contributed by atoms with E-state index in [1.807, 2.05) is 31.2 Å². The van der Waals surface area contributed by atoms with Crippen LogP contribution in [-0.4, -0.2) is 13.0 Å². The van der Waals surface area contributed by atoms with E-state index in [0.717, 1.165) is 22.4 Å². The maximum absolute atomic E-state index is 11.9. The quantitative estimate of drug-likeness (QED) is 0.740. The topological polar surface area (TPSA) is 33.5 Å². The maximum atomic E-state index is 11.9. The van der Waals surface area contributed by atoms with Crippen molar-refractivity contribution in [1.29, 1.82) is 0 Å². The molecule has 0 aliphatic carbocycles. The van der Waals surface area contributed by atoms with Crippen molar-refractivity contribution < 1.29 is 9.21 Å². The number of hydrogen-bond donors (Lipinski definition) is 0. The normalized spacial score (nSPS) is 10.5. The second kappa shape index (κ2) is 4.09. The zero-order chi connectivity index (χ0) is 12.6. The molecule has 0 radical (unpaired) electrons. The van der Waals surface area contributed by atoms with Crippen molar-refractivity contribution in [3.8, 4) is 0 Å². The predicted octanol–water partition coefficient (Wildman–Crippen LogP) is 3.28. The van der Waals surface area contributed by atoms with Crippen LogP contribution in [0.2, 0.25) is 0 Å². The minimum absolute atomic E-state index is 0.0975. The van der Waals surface area contributed by atoms with Crippen molar-refractivity contribution in [2.45, 2.75) is 13.8 Å². The van der Waals surface area contributed by atoms with Gasteiger partial charge in [-0.2, -0.15) is 0 Å². The van der Waals surface area contributed by atoms with E-state index in [9.17, 15) is 4.79 Å². The predicted molar refractivity (Wildman–Crippen MR) is 69.2 cm³/mol. The Morgan fingerprint density at radius 2 is 2.00 bits per heavy atom. The highest BCUT2D eigenvalue weighted by Gasteiger charge is 2.19. The van der Waals surface area contributed by atoms with Crippen LogP contribution in [0, 0.1) is 6.92 Å². The highest BCUT2D eigenvalue weighted by Crippen LogP contribution is 2.33. The highest BCUT2D eigenvalue weighted by atomic mass is 16.3. The van der Waals surface area contributed by atoms with E-state index in [-0.39, 0.29) is 5.91 Å². The molecule has 0 fully saturated rings. The number of likely N-dealkylation sites (N-methyl/N-ethyl adjacent to an activating group) is 1. The van der Waals surface area contributed by atoms with Crippen LogP contribution < -0.4 is 4.90 Å². The van der Waals surface area contributed by atoms with Crippen LogP contribution in [0.15, 0.2) is 40.8 Å². The van der Waals surface area contributed by atoms with Gasteiger partial charge in [0.05, 0.1) is 5.69 Å². The van der Waals surface area contributed by atoms with Gasteiger partial charge in [-0.3, -0.25) is 4.79 Å². The first-order chi connectivity index (χ1) is 8.02. The molecule has 17 heavy (non-hydrogen) atoms. The number of furan rings is 1. The number of para-hydroxylation sites is 1. The maximum Gasteiger partial charge on any atom is 0.253 e. The van der Waals surface area contributed by atoms with Crippen molar-refractivity contribution in [3.05, 3.63) is 42.2 Å². The summed E-state index contributed by atoms with van der Waals surface area (Å²) >= 11 is 0. The summed E-state index contributed by atoms with van der Waals surface area (Å²) in [6.07, 6.45) is 0. The van der Waals surface area contributed by atoms with E-state index in [0.29, 0.717) is 5.57 Å². The second-order valence-corrected chi connectivity index (χ2v) is 4.15. The molecule has 1 heterocycles. The number of anilines is 1. The molecule has 0 spiro atoms. The number of fused-ring (bicyclic) bond motifs is 1. The number of amides is 1. The Morgan fingerprint density at radius 3 is 2.65 bits per heavy atom. The fourth-order valence-electron chi connectivity index (χ4n) is 1.96. The van der Waals surface area contributed by atoms with Gasteiger partial charge in [0.25, 0.3) is 5.91 Å². The Kier molecular flexibility index (Phi) is 2.76. The number of nitrogens with zero attached hydrogens (tertiary/aromatic N) is 1. The van der Waals surface area contributed by atoms with Crippen molar-refractivity contribution in [1.82, 2.24) is 0 Å². The first-order valence-electron chi connectivity index (χ1n) is 5.44. The van der Waals surface area contributed by atoms with E-state index in [4.69, 9.17) is 4.42 Å². The average Bonchev–Trinajstić information content (AvgIpc) is 2.62. The van der Waals surface area contributed by atoms with Gasteiger partial charge in [0.2, 0.25) is 0 Å². The Morgan fingerprint density at radius 1 is 1.35 bits per heavy atom. The molecule has 0 N–H and O–H groups in total. The Balaban J connectivity index is 2.58. The summed E-state index contributed by atoms with van der Waals surface area (Å²) in [6.45, 7) is 7.24. The molecule has 88 valence electrons. The van der Waals surface area contributed by atoms with Crippen molar-refractivity contribution in [2.75, 3.05) is 11.9 Å². The van der Waals surface area contributed by atoms with Gasteiger partial charge >= 0.3 is 0 Å². The Bertz CT molecular complexity index is 595. The fraction of sp³-hybridized carbons (Fsp3) is 0.214. The van der Waals surface area contributed by atoms with Gasteiger partial charge in [0.1, 0.15) is 11.3 Å². The smallest absolute Gasteiger partial charge is 0.253 e. The van der Waals surface area contributed by atoms with Gasteiger partial charge in [0.15, 0.2) is 0 Å². The standard InChI is InChI=1S/C14H15NO2/c1-9(2)14(16)15(4)13-10(3)17-12-8-6-5-7-11(12)13/h5-8H,1H2,2-4H3. The molecule has 1 aromatic carbocycles. The highest BCUT2D eigenvalue weighted by molar-refractivity contribution is 6.09. The molecule has 0 atom stereocenters. The zero-order valence-electron chi connectivity index (χ0n) is 10.3. The average molecular weight is 229 g/mol. The van der Waals surface area contributed by atoms with Gasteiger partial charge in [-0.25, -0.2) is 0 Å². The fourth-order valence-corrected chi connectivity index (χ4v) is 1.96. The summed E-state index contributed by atoms with van der Waals surface area (Å²) in [4.78, 5) is 13.5. The summed E-state index contributed by atoms with van der Waals surface area (Å²) in [5.74, 6) is 0.642. The number of carbonyl (C=O) groups excluding carboxylic acids is 1. The Labute approximate surface area is 100 Å². The van der Waals surface area contributed by atoms with Gasteiger partial charge in [-0.15, -0.1) is 0 Å². The lowest BCUT2D eigenvalue weighted by atomic mass is 10.2. The SMILES string of the molecule is C=C(C)C(=O)N(C)c1c(C)oc2ccccc12. The third-order valence-electron chi connectivity index (χ3n) is 2.74.